The second kappa shape index (κ2) is 8.83. The first-order valence-corrected chi connectivity index (χ1v) is 10.8. The van der Waals surface area contributed by atoms with Crippen LogP contribution in [0.15, 0.2) is 101 Å². The number of hydrogen-bond donors (Lipinski definition) is 2. The Bertz CT molecular complexity index is 1220. The summed E-state index contributed by atoms with van der Waals surface area (Å²) >= 11 is 0. The third kappa shape index (κ3) is 4.35. The summed E-state index contributed by atoms with van der Waals surface area (Å²) in [7, 11) is 0. The molecular formula is C28H31FN2O. The van der Waals surface area contributed by atoms with Gasteiger partial charge in [-0.1, -0.05) is 67.1 Å². The molecule has 0 bridgehead atoms. The zero-order chi connectivity index (χ0) is 22.8. The fourth-order valence-corrected chi connectivity index (χ4v) is 4.06. The number of hydrogen-bond acceptors (Lipinski definition) is 2. The topological polar surface area (TPSA) is 41.1 Å². The van der Waals surface area contributed by atoms with Gasteiger partial charge in [0, 0.05) is 14.7 Å². The largest absolute Gasteiger partial charge is 0.357 e. The lowest BCUT2D eigenvalue weighted by molar-refractivity contribution is -0.113. The molecule has 1 unspecified atom stereocenters. The Morgan fingerprint density at radius 2 is 1.94 bits per heavy atom. The van der Waals surface area contributed by atoms with Crippen molar-refractivity contribution in [3.8, 4) is 0 Å². The molecule has 1 atom stereocenters. The van der Waals surface area contributed by atoms with Gasteiger partial charge in [0.2, 0.25) is 0 Å². The highest BCUT2D eigenvalue weighted by Gasteiger charge is 2.26. The van der Waals surface area contributed by atoms with Crippen molar-refractivity contribution in [2.24, 2.45) is 5.92 Å². The van der Waals surface area contributed by atoms with Crippen LogP contribution in [0.5, 0.6) is 0 Å². The predicted octanol–water partition coefficient (Wildman–Crippen LogP) is 6.93. The van der Waals surface area contributed by atoms with Gasteiger partial charge in [-0.2, -0.15) is 0 Å². The number of halogens is 1. The number of benzene rings is 2. The number of carbonyl (C=O) groups excluding carboxylic acids is 1. The lowest BCUT2D eigenvalue weighted by Gasteiger charge is -2.20. The Morgan fingerprint density at radius 3 is 2.59 bits per heavy atom. The van der Waals surface area contributed by atoms with Crippen LogP contribution in [0.1, 0.15) is 34.2 Å². The molecule has 166 valence electrons. The number of dihydropyridines is 1. The van der Waals surface area contributed by atoms with E-state index in [1.54, 1.807) is 12.1 Å². The standard InChI is InChI=1S/C28H27FN2O.2H2/c1-17-8-10-21(11-9-17)25-14-18(2)19(3)27(25)20(4)22-12-13-26(30-16-22)28(32)31-24-7-5-6-23(29)15-24;;/h5-11,13-16,18,30H,4,12H2,1-3H3,(H,31,32);2*1H. The lowest BCUT2D eigenvalue weighted by atomic mass is 9.87. The zero-order valence-corrected chi connectivity index (χ0v) is 18.6. The van der Waals surface area contributed by atoms with Crippen LogP contribution in [-0.2, 0) is 4.79 Å². The minimum absolute atomic E-state index is 0. The Balaban J connectivity index is 0.00000204. The first kappa shape index (κ1) is 21.6. The zero-order valence-electron chi connectivity index (χ0n) is 18.6. The molecule has 1 heterocycles. The minimum Gasteiger partial charge on any atom is -0.357 e. The SMILES string of the molecule is C=C(C1=CNC(C(=O)Nc2cccc(F)c2)=CC1)C1=C(C)C(C)C=C1c1ccc(C)cc1.[HH].[HH]. The van der Waals surface area contributed by atoms with Gasteiger partial charge >= 0.3 is 0 Å². The van der Waals surface area contributed by atoms with Gasteiger partial charge < -0.3 is 10.6 Å². The van der Waals surface area contributed by atoms with Gasteiger partial charge in [-0.25, -0.2) is 4.39 Å². The molecule has 2 aromatic carbocycles. The summed E-state index contributed by atoms with van der Waals surface area (Å²) in [5.74, 6) is -0.348. The Hall–Kier alpha value is -3.66. The molecule has 1 aliphatic heterocycles. The molecule has 0 radical (unpaired) electrons. The maximum Gasteiger partial charge on any atom is 0.271 e. The Morgan fingerprint density at radius 1 is 1.19 bits per heavy atom. The van der Waals surface area contributed by atoms with E-state index in [1.807, 2.05) is 12.3 Å². The predicted molar refractivity (Wildman–Crippen MR) is 133 cm³/mol. The van der Waals surface area contributed by atoms with Gasteiger partial charge in [0.25, 0.3) is 5.91 Å². The van der Waals surface area contributed by atoms with Crippen LogP contribution in [0.2, 0.25) is 0 Å². The van der Waals surface area contributed by atoms with E-state index in [2.05, 4.69) is 68.3 Å². The van der Waals surface area contributed by atoms with Crippen molar-refractivity contribution in [1.82, 2.24) is 5.32 Å². The monoisotopic (exact) mass is 430 g/mol. The van der Waals surface area contributed by atoms with E-state index in [1.165, 1.54) is 40.0 Å². The third-order valence-corrected chi connectivity index (χ3v) is 6.07. The van der Waals surface area contributed by atoms with Crippen LogP contribution in [0, 0.1) is 18.7 Å². The number of carbonyl (C=O) groups is 1. The second-order valence-corrected chi connectivity index (χ2v) is 8.37. The highest BCUT2D eigenvalue weighted by atomic mass is 19.1. The number of aryl methyl sites for hydroxylation is 1. The van der Waals surface area contributed by atoms with Crippen molar-refractivity contribution in [1.29, 1.82) is 0 Å². The summed E-state index contributed by atoms with van der Waals surface area (Å²) in [6, 6.07) is 14.4. The summed E-state index contributed by atoms with van der Waals surface area (Å²) in [6.07, 6.45) is 6.58. The molecule has 2 aromatic rings. The van der Waals surface area contributed by atoms with Crippen LogP contribution >= 0.6 is 0 Å². The lowest BCUT2D eigenvalue weighted by Crippen LogP contribution is -2.25. The van der Waals surface area contributed by atoms with E-state index >= 15 is 0 Å². The van der Waals surface area contributed by atoms with Crippen molar-refractivity contribution in [3.05, 3.63) is 118 Å². The molecule has 1 aliphatic carbocycles. The van der Waals surface area contributed by atoms with Gasteiger partial charge in [-0.05, 0) is 72.2 Å². The molecule has 0 saturated carbocycles. The van der Waals surface area contributed by atoms with Gasteiger partial charge in [-0.3, -0.25) is 4.79 Å². The fourth-order valence-electron chi connectivity index (χ4n) is 4.06. The van der Waals surface area contributed by atoms with Gasteiger partial charge in [-0.15, -0.1) is 0 Å². The normalized spacial score (nSPS) is 17.9. The Kier molecular flexibility index (Phi) is 5.95. The molecule has 2 N–H and O–H groups in total. The first-order valence-electron chi connectivity index (χ1n) is 10.8. The average molecular weight is 431 g/mol. The van der Waals surface area contributed by atoms with E-state index in [0.29, 0.717) is 23.7 Å². The van der Waals surface area contributed by atoms with Gasteiger partial charge in [0.15, 0.2) is 0 Å². The maximum absolute atomic E-state index is 13.4. The molecule has 32 heavy (non-hydrogen) atoms. The minimum atomic E-state index is -0.390. The smallest absolute Gasteiger partial charge is 0.271 e. The molecule has 0 fully saturated rings. The van der Waals surface area contributed by atoms with Crippen molar-refractivity contribution in [3.63, 3.8) is 0 Å². The summed E-state index contributed by atoms with van der Waals surface area (Å²) in [5, 5.41) is 5.80. The Labute approximate surface area is 191 Å². The van der Waals surface area contributed by atoms with Gasteiger partial charge in [0.05, 0.1) is 0 Å². The summed E-state index contributed by atoms with van der Waals surface area (Å²) in [4.78, 5) is 12.5. The van der Waals surface area contributed by atoms with Crippen molar-refractivity contribution in [2.45, 2.75) is 27.2 Å². The van der Waals surface area contributed by atoms with Crippen molar-refractivity contribution in [2.75, 3.05) is 5.32 Å². The second-order valence-electron chi connectivity index (χ2n) is 8.37. The van der Waals surface area contributed by atoms with Crippen LogP contribution in [0.25, 0.3) is 5.57 Å². The van der Waals surface area contributed by atoms with E-state index in [-0.39, 0.29) is 8.76 Å². The first-order chi connectivity index (χ1) is 15.3. The average Bonchev–Trinajstić information content (AvgIpc) is 3.08. The number of anilines is 1. The molecular weight excluding hydrogens is 399 g/mol. The van der Waals surface area contributed by atoms with E-state index in [9.17, 15) is 9.18 Å². The molecule has 3 nitrogen and oxygen atoms in total. The molecule has 0 aromatic heterocycles. The maximum atomic E-state index is 13.4. The number of allylic oxidation sites excluding steroid dienone is 7. The summed E-state index contributed by atoms with van der Waals surface area (Å²) in [5.41, 5.74) is 8.96. The van der Waals surface area contributed by atoms with Crippen LogP contribution < -0.4 is 10.6 Å². The molecule has 1 amide bonds. The van der Waals surface area contributed by atoms with Crippen molar-refractivity contribution >= 4 is 17.2 Å². The quantitative estimate of drug-likeness (QED) is 0.540. The van der Waals surface area contributed by atoms with Crippen LogP contribution in [0.3, 0.4) is 0 Å². The van der Waals surface area contributed by atoms with Crippen LogP contribution in [0.4, 0.5) is 10.1 Å². The molecule has 2 aliphatic rings. The molecule has 4 heteroatoms. The number of rotatable bonds is 5. The summed E-state index contributed by atoms with van der Waals surface area (Å²) < 4.78 is 13.4. The summed E-state index contributed by atoms with van der Waals surface area (Å²) in [6.45, 7) is 10.9. The fraction of sp³-hybridized carbons (Fsp3) is 0.179. The number of nitrogens with one attached hydrogen (secondary N) is 2. The highest BCUT2D eigenvalue weighted by Crippen LogP contribution is 2.43. The van der Waals surface area contributed by atoms with Gasteiger partial charge in [0.1, 0.15) is 11.5 Å². The third-order valence-electron chi connectivity index (χ3n) is 6.07. The van der Waals surface area contributed by atoms with Crippen LogP contribution in [-0.4, -0.2) is 5.91 Å². The number of amides is 1. The molecule has 4 rings (SSSR count). The molecule has 0 spiro atoms. The molecule has 0 saturated heterocycles. The van der Waals surface area contributed by atoms with Crippen molar-refractivity contribution < 1.29 is 12.0 Å². The van der Waals surface area contributed by atoms with E-state index < -0.39 is 5.82 Å². The van der Waals surface area contributed by atoms with E-state index in [4.69, 9.17) is 0 Å². The highest BCUT2D eigenvalue weighted by molar-refractivity contribution is 6.03. The van der Waals surface area contributed by atoms with E-state index in [0.717, 1.165) is 11.1 Å².